The Morgan fingerprint density at radius 3 is 2.32 bits per heavy atom. The number of benzene rings is 2. The van der Waals surface area contributed by atoms with Gasteiger partial charge in [-0.15, -0.1) is 0 Å². The maximum Gasteiger partial charge on any atom is 0.370 e. The van der Waals surface area contributed by atoms with Crippen LogP contribution in [0.15, 0.2) is 71.5 Å². The first-order valence-electron chi connectivity index (χ1n) is 8.99. The van der Waals surface area contributed by atoms with Crippen LogP contribution >= 0.6 is 11.6 Å². The van der Waals surface area contributed by atoms with E-state index in [0.29, 0.717) is 27.6 Å². The van der Waals surface area contributed by atoms with Crippen LogP contribution in [0, 0.1) is 0 Å². The van der Waals surface area contributed by atoms with E-state index < -0.39 is 0 Å². The van der Waals surface area contributed by atoms with Gasteiger partial charge in [0.25, 0.3) is 5.88 Å². The number of hydrogen-bond acceptors (Lipinski definition) is 3. The first kappa shape index (κ1) is 18.2. The van der Waals surface area contributed by atoms with Crippen molar-refractivity contribution in [2.45, 2.75) is 19.8 Å². The molecule has 0 saturated carbocycles. The zero-order valence-corrected chi connectivity index (χ0v) is 16.3. The molecule has 4 aromatic rings. The molecule has 0 radical (unpaired) electrons. The second kappa shape index (κ2) is 7.09. The van der Waals surface area contributed by atoms with Crippen LogP contribution in [0.25, 0.3) is 22.6 Å². The summed E-state index contributed by atoms with van der Waals surface area (Å²) in [6, 6.07) is 20.4. The summed E-state index contributed by atoms with van der Waals surface area (Å²) < 4.78 is 2.97. The monoisotopic (exact) mass is 392 g/mol. The molecular formula is C22H19ClN3O2+. The van der Waals surface area contributed by atoms with Crippen LogP contribution in [0.3, 0.4) is 0 Å². The van der Waals surface area contributed by atoms with Gasteiger partial charge in [-0.05, 0) is 36.2 Å². The summed E-state index contributed by atoms with van der Waals surface area (Å²) in [6.07, 6.45) is 0. The number of aromatic nitrogens is 3. The number of hydrogen-bond donors (Lipinski definition) is 1. The van der Waals surface area contributed by atoms with E-state index in [1.54, 1.807) is 34.9 Å². The summed E-state index contributed by atoms with van der Waals surface area (Å²) in [5.41, 5.74) is 2.73. The van der Waals surface area contributed by atoms with Crippen LogP contribution in [-0.4, -0.2) is 14.7 Å². The predicted molar refractivity (Wildman–Crippen MR) is 109 cm³/mol. The lowest BCUT2D eigenvalue weighted by Crippen LogP contribution is -2.41. The third-order valence-corrected chi connectivity index (χ3v) is 4.90. The van der Waals surface area contributed by atoms with Crippen molar-refractivity contribution in [1.82, 2.24) is 9.61 Å². The minimum absolute atomic E-state index is 0.0865. The largest absolute Gasteiger partial charge is 0.477 e. The van der Waals surface area contributed by atoms with Gasteiger partial charge in [0.1, 0.15) is 16.9 Å². The van der Waals surface area contributed by atoms with Crippen molar-refractivity contribution in [3.8, 4) is 22.8 Å². The van der Waals surface area contributed by atoms with Crippen molar-refractivity contribution in [3.05, 3.63) is 87.7 Å². The van der Waals surface area contributed by atoms with E-state index in [4.69, 9.17) is 11.6 Å². The van der Waals surface area contributed by atoms with E-state index in [1.807, 2.05) is 50.2 Å². The van der Waals surface area contributed by atoms with Crippen molar-refractivity contribution >= 4 is 17.2 Å². The maximum atomic E-state index is 13.1. The Hall–Kier alpha value is -3.18. The van der Waals surface area contributed by atoms with Crippen LogP contribution in [0.4, 0.5) is 0 Å². The normalized spacial score (nSPS) is 11.3. The predicted octanol–water partition coefficient (Wildman–Crippen LogP) is 4.12. The lowest BCUT2D eigenvalue weighted by Gasteiger charge is -2.11. The topological polar surface area (TPSA) is 58.5 Å². The van der Waals surface area contributed by atoms with Crippen LogP contribution in [-0.2, 0) is 0 Å². The second-order valence-electron chi connectivity index (χ2n) is 6.86. The molecule has 0 unspecified atom stereocenters. The highest BCUT2D eigenvalue weighted by molar-refractivity contribution is 6.30. The van der Waals surface area contributed by atoms with Gasteiger partial charge in [-0.3, -0.25) is 0 Å². The maximum absolute atomic E-state index is 13.1. The molecule has 0 atom stereocenters. The number of nitrogens with zero attached hydrogens (tertiary/aromatic N) is 3. The zero-order valence-electron chi connectivity index (χ0n) is 15.5. The van der Waals surface area contributed by atoms with Gasteiger partial charge in [-0.25, -0.2) is 4.79 Å². The van der Waals surface area contributed by atoms with Gasteiger partial charge in [0, 0.05) is 16.7 Å². The Balaban J connectivity index is 2.08. The molecule has 0 aliphatic rings. The molecule has 6 heteroatoms. The third kappa shape index (κ3) is 3.04. The van der Waals surface area contributed by atoms with Gasteiger partial charge in [0.2, 0.25) is 0 Å². The minimum atomic E-state index is -0.328. The molecule has 0 aliphatic carbocycles. The van der Waals surface area contributed by atoms with Crippen LogP contribution in [0.5, 0.6) is 5.88 Å². The SMILES string of the molecule is CC(C)c1c(O)[n+](-c2ccc(Cl)cc2)c2ccc(-c3ccccc3)nn2c1=O. The second-order valence-corrected chi connectivity index (χ2v) is 7.30. The van der Waals surface area contributed by atoms with Crippen molar-refractivity contribution < 1.29 is 9.67 Å². The molecule has 28 heavy (non-hydrogen) atoms. The number of aromatic hydroxyl groups is 1. The van der Waals surface area contributed by atoms with Gasteiger partial charge in [0.05, 0.1) is 0 Å². The Labute approximate surface area is 167 Å². The van der Waals surface area contributed by atoms with Gasteiger partial charge in [0.15, 0.2) is 0 Å². The molecule has 2 heterocycles. The molecule has 4 rings (SSSR count). The molecule has 1 N–H and O–H groups in total. The third-order valence-electron chi connectivity index (χ3n) is 4.65. The van der Waals surface area contributed by atoms with E-state index in [-0.39, 0.29) is 17.4 Å². The molecular weight excluding hydrogens is 374 g/mol. The van der Waals surface area contributed by atoms with Gasteiger partial charge >= 0.3 is 11.2 Å². The fourth-order valence-corrected chi connectivity index (χ4v) is 3.41. The van der Waals surface area contributed by atoms with Crippen LogP contribution in [0.2, 0.25) is 5.02 Å². The van der Waals surface area contributed by atoms with E-state index in [9.17, 15) is 9.90 Å². The first-order chi connectivity index (χ1) is 13.5. The van der Waals surface area contributed by atoms with Crippen molar-refractivity contribution in [1.29, 1.82) is 0 Å². The molecule has 0 aliphatic heterocycles. The van der Waals surface area contributed by atoms with Crippen LogP contribution < -0.4 is 10.1 Å². The summed E-state index contributed by atoms with van der Waals surface area (Å²) in [4.78, 5) is 13.1. The van der Waals surface area contributed by atoms with Crippen LogP contribution in [0.1, 0.15) is 25.3 Å². The van der Waals surface area contributed by atoms with E-state index in [2.05, 4.69) is 5.10 Å². The standard InChI is InChI=1S/C22H18ClN3O2/c1-14(2)20-21(27)25(17-10-8-16(23)9-11-17)19-13-12-18(24-26(19)22(20)28)15-6-4-3-5-7-15/h3-14H,1-2H3/p+1. The zero-order chi connectivity index (χ0) is 19.8. The lowest BCUT2D eigenvalue weighted by atomic mass is 10.1. The van der Waals surface area contributed by atoms with Crippen molar-refractivity contribution in [3.63, 3.8) is 0 Å². The Morgan fingerprint density at radius 2 is 1.68 bits per heavy atom. The summed E-state index contributed by atoms with van der Waals surface area (Å²) in [7, 11) is 0. The molecule has 5 nitrogen and oxygen atoms in total. The average molecular weight is 393 g/mol. The fourth-order valence-electron chi connectivity index (χ4n) is 3.29. The lowest BCUT2D eigenvalue weighted by molar-refractivity contribution is -0.581. The highest BCUT2D eigenvalue weighted by atomic mass is 35.5. The van der Waals surface area contributed by atoms with E-state index >= 15 is 0 Å². The Morgan fingerprint density at radius 1 is 1.00 bits per heavy atom. The highest BCUT2D eigenvalue weighted by Gasteiger charge is 2.28. The van der Waals surface area contributed by atoms with Gasteiger partial charge in [-0.2, -0.15) is 4.57 Å². The molecule has 2 aromatic carbocycles. The quantitative estimate of drug-likeness (QED) is 0.533. The summed E-state index contributed by atoms with van der Waals surface area (Å²) >= 11 is 6.01. The summed E-state index contributed by atoms with van der Waals surface area (Å²) in [5.74, 6) is -0.262. The first-order valence-corrected chi connectivity index (χ1v) is 9.37. The molecule has 0 fully saturated rings. The molecule has 0 spiro atoms. The van der Waals surface area contributed by atoms with Crippen molar-refractivity contribution in [2.75, 3.05) is 0 Å². The molecule has 0 amide bonds. The van der Waals surface area contributed by atoms with E-state index in [0.717, 1.165) is 5.56 Å². The Kier molecular flexibility index (Phi) is 4.61. The smallest absolute Gasteiger partial charge is 0.370 e. The number of fused-ring (bicyclic) bond motifs is 1. The minimum Gasteiger partial charge on any atom is -0.477 e. The fraction of sp³-hybridized carbons (Fsp3) is 0.136. The van der Waals surface area contributed by atoms with Gasteiger partial charge < -0.3 is 5.11 Å². The molecule has 0 saturated heterocycles. The van der Waals surface area contributed by atoms with E-state index in [1.165, 1.54) is 4.52 Å². The highest BCUT2D eigenvalue weighted by Crippen LogP contribution is 2.22. The number of rotatable bonds is 3. The Bertz CT molecular complexity index is 1220. The van der Waals surface area contributed by atoms with Gasteiger partial charge in [-0.1, -0.05) is 65.4 Å². The average Bonchev–Trinajstić information content (AvgIpc) is 2.70. The summed E-state index contributed by atoms with van der Waals surface area (Å²) in [6.45, 7) is 3.74. The summed E-state index contributed by atoms with van der Waals surface area (Å²) in [5, 5.41) is 16.1. The molecule has 0 bridgehead atoms. The molecule has 2 aromatic heterocycles. The number of halogens is 1. The van der Waals surface area contributed by atoms with Crippen molar-refractivity contribution in [2.24, 2.45) is 0 Å². The molecule has 140 valence electrons.